The van der Waals surface area contributed by atoms with Crippen molar-refractivity contribution in [2.75, 3.05) is 26.3 Å². The highest BCUT2D eigenvalue weighted by Crippen LogP contribution is 2.31. The molecule has 0 saturated carbocycles. The first-order valence-corrected chi connectivity index (χ1v) is 6.26. The topological polar surface area (TPSA) is 75.8 Å². The minimum absolute atomic E-state index is 0.0217. The number of rotatable bonds is 1. The van der Waals surface area contributed by atoms with E-state index in [-0.39, 0.29) is 17.9 Å². The maximum atomic E-state index is 12.4. The Bertz CT molecular complexity index is 310. The van der Waals surface area contributed by atoms with Gasteiger partial charge in [-0.25, -0.2) is 0 Å². The number of ether oxygens (including phenoxy) is 1. The van der Waals surface area contributed by atoms with Gasteiger partial charge in [-0.05, 0) is 19.3 Å². The maximum absolute atomic E-state index is 12.4. The van der Waals surface area contributed by atoms with E-state index in [0.717, 1.165) is 6.42 Å². The van der Waals surface area contributed by atoms with Crippen LogP contribution in [0.25, 0.3) is 0 Å². The summed E-state index contributed by atoms with van der Waals surface area (Å²) in [7, 11) is 0. The maximum Gasteiger partial charge on any atom is 0.232 e. The van der Waals surface area contributed by atoms with Crippen LogP contribution in [-0.2, 0) is 9.53 Å². The van der Waals surface area contributed by atoms with Crippen LogP contribution in [0.15, 0.2) is 0 Å². The van der Waals surface area contributed by atoms with Gasteiger partial charge in [0, 0.05) is 19.1 Å². The van der Waals surface area contributed by atoms with E-state index in [2.05, 4.69) is 0 Å². The Balaban J connectivity index is 2.05. The van der Waals surface area contributed by atoms with Crippen LogP contribution >= 0.6 is 0 Å². The van der Waals surface area contributed by atoms with Gasteiger partial charge in [0.2, 0.25) is 5.91 Å². The lowest BCUT2D eigenvalue weighted by Crippen LogP contribution is -2.55. The van der Waals surface area contributed by atoms with Gasteiger partial charge in [-0.3, -0.25) is 4.79 Å². The number of carbonyl (C=O) groups is 1. The molecule has 2 rings (SSSR count). The fraction of sp³-hybridized carbons (Fsp3) is 0.917. The molecule has 2 saturated heterocycles. The quantitative estimate of drug-likeness (QED) is 0.655. The van der Waals surface area contributed by atoms with Crippen molar-refractivity contribution in [1.29, 1.82) is 0 Å². The third-order valence-electron chi connectivity index (χ3n) is 4.21. The summed E-state index contributed by atoms with van der Waals surface area (Å²) in [6, 6.07) is -0.244. The molecule has 0 radical (unpaired) electrons. The molecule has 5 heteroatoms. The van der Waals surface area contributed by atoms with Crippen molar-refractivity contribution in [2.24, 2.45) is 17.1 Å². The molecule has 2 heterocycles. The number of β-amino-alcohol motifs (C(OH)–C–C–N with tert-alkyl or cyclic N) is 1. The summed E-state index contributed by atoms with van der Waals surface area (Å²) in [5.74, 6) is 0.286. The lowest BCUT2D eigenvalue weighted by molar-refractivity contribution is -0.146. The number of piperidine rings is 1. The number of nitrogens with zero attached hydrogens (tertiary/aromatic N) is 1. The second-order valence-electron chi connectivity index (χ2n) is 5.62. The molecule has 4 atom stereocenters. The van der Waals surface area contributed by atoms with E-state index in [1.165, 1.54) is 0 Å². The number of carbonyl (C=O) groups excluding carboxylic acids is 1. The number of aliphatic hydroxyl groups is 1. The van der Waals surface area contributed by atoms with Crippen LogP contribution < -0.4 is 5.73 Å². The van der Waals surface area contributed by atoms with Crippen LogP contribution in [0, 0.1) is 11.3 Å². The molecule has 2 aliphatic heterocycles. The molecule has 98 valence electrons. The zero-order valence-corrected chi connectivity index (χ0v) is 10.6. The van der Waals surface area contributed by atoms with Crippen molar-refractivity contribution >= 4 is 5.91 Å². The second kappa shape index (κ2) is 4.55. The number of hydrogen-bond donors (Lipinski definition) is 2. The zero-order valence-electron chi connectivity index (χ0n) is 10.6. The first-order chi connectivity index (χ1) is 7.95. The first-order valence-electron chi connectivity index (χ1n) is 6.26. The van der Waals surface area contributed by atoms with Gasteiger partial charge < -0.3 is 20.5 Å². The van der Waals surface area contributed by atoms with Crippen LogP contribution in [0.3, 0.4) is 0 Å². The highest BCUT2D eigenvalue weighted by molar-refractivity contribution is 5.83. The van der Waals surface area contributed by atoms with Crippen molar-refractivity contribution in [3.05, 3.63) is 0 Å². The van der Waals surface area contributed by atoms with Gasteiger partial charge in [-0.15, -0.1) is 0 Å². The first kappa shape index (κ1) is 12.8. The molecule has 2 fully saturated rings. The van der Waals surface area contributed by atoms with Gasteiger partial charge in [-0.2, -0.15) is 0 Å². The number of aliphatic hydroxyl groups excluding tert-OH is 1. The summed E-state index contributed by atoms with van der Waals surface area (Å²) in [6.45, 7) is 5.82. The van der Waals surface area contributed by atoms with Crippen molar-refractivity contribution in [3.8, 4) is 0 Å². The molecule has 0 aliphatic carbocycles. The molecule has 1 amide bonds. The molecular weight excluding hydrogens is 220 g/mol. The Morgan fingerprint density at radius 3 is 2.82 bits per heavy atom. The average Bonchev–Trinajstić information content (AvgIpc) is 2.63. The van der Waals surface area contributed by atoms with Gasteiger partial charge in [0.15, 0.2) is 0 Å². The molecule has 0 aromatic carbocycles. The molecule has 0 spiro atoms. The summed E-state index contributed by atoms with van der Waals surface area (Å²) in [4.78, 5) is 14.2. The second-order valence-corrected chi connectivity index (χ2v) is 5.62. The summed E-state index contributed by atoms with van der Waals surface area (Å²) < 4.78 is 5.30. The summed E-state index contributed by atoms with van der Waals surface area (Å²) in [5.41, 5.74) is 5.32. The number of likely N-dealkylation sites (tertiary alicyclic amines) is 1. The van der Waals surface area contributed by atoms with E-state index in [4.69, 9.17) is 10.5 Å². The third kappa shape index (κ3) is 2.19. The Morgan fingerprint density at radius 2 is 2.29 bits per heavy atom. The average molecular weight is 242 g/mol. The van der Waals surface area contributed by atoms with E-state index < -0.39 is 11.5 Å². The Labute approximate surface area is 102 Å². The molecule has 0 bridgehead atoms. The van der Waals surface area contributed by atoms with Crippen LogP contribution in [0.1, 0.15) is 20.3 Å². The highest BCUT2D eigenvalue weighted by atomic mass is 16.5. The number of nitrogens with two attached hydrogens (primary N) is 1. The number of hydrogen-bond acceptors (Lipinski definition) is 4. The lowest BCUT2D eigenvalue weighted by atomic mass is 9.83. The Hall–Kier alpha value is -0.650. The molecule has 0 aromatic rings. The standard InChI is InChI=1S/C12H22N2O3/c1-8-3-4-14(5-9(8)15)11(16)12(2)7-17-6-10(12)13/h8-10,15H,3-7,13H2,1-2H3. The van der Waals surface area contributed by atoms with Gasteiger partial charge in [0.25, 0.3) is 0 Å². The fourth-order valence-electron chi connectivity index (χ4n) is 2.50. The Morgan fingerprint density at radius 1 is 1.59 bits per heavy atom. The smallest absolute Gasteiger partial charge is 0.232 e. The predicted molar refractivity (Wildman–Crippen MR) is 63.3 cm³/mol. The number of amides is 1. The summed E-state index contributed by atoms with van der Waals surface area (Å²) >= 11 is 0. The SMILES string of the molecule is CC1CCN(C(=O)C2(C)COCC2N)CC1O. The van der Waals surface area contributed by atoms with Gasteiger partial charge in [0.05, 0.1) is 24.7 Å². The van der Waals surface area contributed by atoms with Crippen molar-refractivity contribution in [3.63, 3.8) is 0 Å². The third-order valence-corrected chi connectivity index (χ3v) is 4.21. The van der Waals surface area contributed by atoms with Crippen LogP contribution in [0.5, 0.6) is 0 Å². The molecule has 17 heavy (non-hydrogen) atoms. The summed E-state index contributed by atoms with van der Waals surface area (Å²) in [6.07, 6.45) is 0.425. The lowest BCUT2D eigenvalue weighted by Gasteiger charge is -2.39. The van der Waals surface area contributed by atoms with E-state index in [1.807, 2.05) is 13.8 Å². The minimum atomic E-state index is -0.625. The van der Waals surface area contributed by atoms with Crippen LogP contribution in [0.2, 0.25) is 0 Å². The van der Waals surface area contributed by atoms with Crippen molar-refractivity contribution < 1.29 is 14.6 Å². The Kier molecular flexibility index (Phi) is 3.43. The molecular formula is C12H22N2O3. The normalized spacial score (nSPS) is 42.8. The fourth-order valence-corrected chi connectivity index (χ4v) is 2.50. The zero-order chi connectivity index (χ0) is 12.6. The monoisotopic (exact) mass is 242 g/mol. The van der Waals surface area contributed by atoms with E-state index in [0.29, 0.717) is 26.3 Å². The van der Waals surface area contributed by atoms with Gasteiger partial charge in [0.1, 0.15) is 0 Å². The molecule has 3 N–H and O–H groups in total. The van der Waals surface area contributed by atoms with E-state index >= 15 is 0 Å². The summed E-state index contributed by atoms with van der Waals surface area (Å²) in [5, 5.41) is 9.83. The minimum Gasteiger partial charge on any atom is -0.391 e. The van der Waals surface area contributed by atoms with Crippen LogP contribution in [-0.4, -0.2) is 54.4 Å². The van der Waals surface area contributed by atoms with Crippen LogP contribution in [0.4, 0.5) is 0 Å². The van der Waals surface area contributed by atoms with E-state index in [1.54, 1.807) is 4.90 Å². The molecule has 0 aromatic heterocycles. The largest absolute Gasteiger partial charge is 0.391 e. The van der Waals surface area contributed by atoms with E-state index in [9.17, 15) is 9.90 Å². The van der Waals surface area contributed by atoms with Gasteiger partial charge in [-0.1, -0.05) is 6.92 Å². The molecule has 2 aliphatic rings. The van der Waals surface area contributed by atoms with Gasteiger partial charge >= 0.3 is 0 Å². The van der Waals surface area contributed by atoms with Crippen molar-refractivity contribution in [2.45, 2.75) is 32.4 Å². The van der Waals surface area contributed by atoms with Crippen molar-refractivity contribution in [1.82, 2.24) is 4.90 Å². The molecule has 4 unspecified atom stereocenters. The highest BCUT2D eigenvalue weighted by Gasteiger charge is 2.47. The predicted octanol–water partition coefficient (Wildman–Crippen LogP) is -0.420. The molecule has 5 nitrogen and oxygen atoms in total.